The molecule has 0 aromatic heterocycles. The lowest BCUT2D eigenvalue weighted by Gasteiger charge is -2.41. The van der Waals surface area contributed by atoms with Crippen LogP contribution in [-0.4, -0.2) is 97.5 Å². The Balaban J connectivity index is 2.36. The lowest BCUT2D eigenvalue weighted by molar-refractivity contribution is -0.301. The third-order valence-electron chi connectivity index (χ3n) is 11.8. The molecule has 4 N–H and O–H groups in total. The van der Waals surface area contributed by atoms with Crippen LogP contribution in [0.25, 0.3) is 0 Å². The topological polar surface area (TPSA) is 178 Å². The van der Waals surface area contributed by atoms with Crippen molar-refractivity contribution >= 4 is 16.4 Å². The molecule has 13 heteroatoms. The van der Waals surface area contributed by atoms with Crippen LogP contribution in [0.3, 0.4) is 0 Å². The van der Waals surface area contributed by atoms with E-state index in [4.69, 9.17) is 18.9 Å². The van der Waals surface area contributed by atoms with E-state index in [2.05, 4.69) is 90.9 Å². The maximum absolute atomic E-state index is 12.9. The number of carbonyl (C=O) groups excluding carboxylic acids is 1. The predicted molar refractivity (Wildman–Crippen MR) is 276 cm³/mol. The highest BCUT2D eigenvalue weighted by Crippen LogP contribution is 2.26. The summed E-state index contributed by atoms with van der Waals surface area (Å²) in [6.07, 6.45) is 50.7. The lowest BCUT2D eigenvalue weighted by atomic mass is 9.99. The number of ether oxygens (including phenoxy) is 4. The Morgan fingerprint density at radius 3 is 1.50 bits per heavy atom. The van der Waals surface area contributed by atoms with Gasteiger partial charge in [-0.15, -0.1) is 0 Å². The molecule has 6 unspecified atom stereocenters. The molecule has 68 heavy (non-hydrogen) atoms. The molecule has 394 valence electrons. The average molecular weight is 981 g/mol. The van der Waals surface area contributed by atoms with E-state index in [0.29, 0.717) is 13.0 Å². The van der Waals surface area contributed by atoms with E-state index in [1.54, 1.807) is 0 Å². The zero-order valence-corrected chi connectivity index (χ0v) is 43.2. The van der Waals surface area contributed by atoms with Crippen LogP contribution in [-0.2, 0) is 38.3 Å². The highest BCUT2D eigenvalue weighted by Gasteiger charge is 2.48. The van der Waals surface area contributed by atoms with Crippen molar-refractivity contribution in [1.82, 2.24) is 0 Å². The van der Waals surface area contributed by atoms with E-state index in [1.807, 2.05) is 0 Å². The van der Waals surface area contributed by atoms with E-state index in [9.17, 15) is 33.1 Å². The summed E-state index contributed by atoms with van der Waals surface area (Å²) in [6, 6.07) is 0. The number of allylic oxidation sites excluding steroid dienone is 12. The molecule has 1 rings (SSSR count). The Morgan fingerprint density at radius 1 is 0.574 bits per heavy atom. The smallest absolute Gasteiger partial charge is 0.397 e. The summed E-state index contributed by atoms with van der Waals surface area (Å²) in [6.45, 7) is 3.86. The molecule has 6 atom stereocenters. The lowest BCUT2D eigenvalue weighted by Crippen LogP contribution is -2.60. The van der Waals surface area contributed by atoms with Gasteiger partial charge in [-0.2, -0.15) is 8.42 Å². The Morgan fingerprint density at radius 2 is 1.01 bits per heavy atom. The summed E-state index contributed by atoms with van der Waals surface area (Å²) in [7, 11) is -5.07. The van der Waals surface area contributed by atoms with Gasteiger partial charge in [0.1, 0.15) is 30.5 Å². The van der Waals surface area contributed by atoms with E-state index < -0.39 is 59.8 Å². The minimum absolute atomic E-state index is 0.0264. The van der Waals surface area contributed by atoms with Crippen LogP contribution in [0.1, 0.15) is 206 Å². The molecular formula is C55H96O12S. The summed E-state index contributed by atoms with van der Waals surface area (Å²) in [4.78, 5) is 12.9. The Kier molecular flexibility index (Phi) is 42.7. The number of hydrogen-bond acceptors (Lipinski definition) is 11. The zero-order valence-electron chi connectivity index (χ0n) is 42.4. The molecule has 1 aliphatic heterocycles. The summed E-state index contributed by atoms with van der Waals surface area (Å²) >= 11 is 0. The predicted octanol–water partition coefficient (Wildman–Crippen LogP) is 12.6. The van der Waals surface area contributed by atoms with E-state index in [-0.39, 0.29) is 19.6 Å². The molecule has 0 aromatic carbocycles. The Bertz CT molecular complexity index is 1460. The highest BCUT2D eigenvalue weighted by molar-refractivity contribution is 7.80. The van der Waals surface area contributed by atoms with Gasteiger partial charge in [0.2, 0.25) is 0 Å². The van der Waals surface area contributed by atoms with Gasteiger partial charge >= 0.3 is 16.4 Å². The second-order valence-electron chi connectivity index (χ2n) is 18.1. The third-order valence-corrected chi connectivity index (χ3v) is 12.3. The second-order valence-corrected chi connectivity index (χ2v) is 19.1. The van der Waals surface area contributed by atoms with Crippen LogP contribution in [0.4, 0.5) is 0 Å². The quantitative estimate of drug-likeness (QED) is 0.0197. The summed E-state index contributed by atoms with van der Waals surface area (Å²) in [5, 5.41) is 30.8. The molecule has 1 saturated heterocycles. The largest absolute Gasteiger partial charge is 0.457 e. The van der Waals surface area contributed by atoms with E-state index in [1.165, 1.54) is 96.3 Å². The van der Waals surface area contributed by atoms with Crippen molar-refractivity contribution in [3.05, 3.63) is 72.9 Å². The maximum Gasteiger partial charge on any atom is 0.397 e. The SMILES string of the molecule is CC/C=C\C/C=C\C/C=C\C/C=C\C/C=C\CCCCCCCCCC(=O)OC(COCCCCCCCCCC/C=C\CCCCCCCC)COC1OC(CO)C(O)C(OS(=O)(=O)O)C1O. The highest BCUT2D eigenvalue weighted by atomic mass is 32.3. The number of aliphatic hydroxyl groups excluding tert-OH is 3. The number of esters is 1. The maximum atomic E-state index is 12.9. The fourth-order valence-corrected chi connectivity index (χ4v) is 8.32. The van der Waals surface area contributed by atoms with Gasteiger partial charge in [-0.3, -0.25) is 9.35 Å². The minimum Gasteiger partial charge on any atom is -0.457 e. The van der Waals surface area contributed by atoms with Gasteiger partial charge in [-0.05, 0) is 83.5 Å². The first kappa shape index (κ1) is 63.6. The van der Waals surface area contributed by atoms with Gasteiger partial charge in [0.15, 0.2) is 6.29 Å². The standard InChI is InChI=1S/C55H96O12S/c1-3-5-7-9-11-13-15-17-19-21-23-24-25-26-27-28-30-32-34-36-38-40-42-44-51(57)65-49(48-64-55-53(59)54(67-68(60,61)62)52(58)50(46-56)66-55)47-63-45-43-41-39-37-35-33-31-29-22-20-18-16-14-12-10-8-6-4-2/h5,7,11,13,17-20,23-24,26-27,49-50,52-56,58-59H,3-4,6,8-10,12,14-16,21-22,25,28-48H2,1-2H3,(H,60,61,62)/b7-5-,13-11-,19-17-,20-18-,24-23-,27-26-. The van der Waals surface area contributed by atoms with Crippen molar-refractivity contribution in [2.24, 2.45) is 0 Å². The first-order valence-electron chi connectivity index (χ1n) is 26.7. The third kappa shape index (κ3) is 38.3. The van der Waals surface area contributed by atoms with Crippen LogP contribution in [0, 0.1) is 0 Å². The van der Waals surface area contributed by atoms with Crippen LogP contribution >= 0.6 is 0 Å². The van der Waals surface area contributed by atoms with Crippen molar-refractivity contribution in [3.63, 3.8) is 0 Å². The van der Waals surface area contributed by atoms with Crippen molar-refractivity contribution in [1.29, 1.82) is 0 Å². The first-order chi connectivity index (χ1) is 33.1. The van der Waals surface area contributed by atoms with Gasteiger partial charge < -0.3 is 34.3 Å². The molecule has 0 spiro atoms. The molecule has 0 radical (unpaired) electrons. The monoisotopic (exact) mass is 981 g/mol. The Hall–Kier alpha value is -2.46. The molecule has 0 aliphatic carbocycles. The van der Waals surface area contributed by atoms with Gasteiger partial charge in [-0.25, -0.2) is 4.18 Å². The normalized spacial score (nSPS) is 19.9. The zero-order chi connectivity index (χ0) is 49.6. The number of rotatable bonds is 46. The minimum atomic E-state index is -5.07. The van der Waals surface area contributed by atoms with Crippen molar-refractivity contribution in [2.75, 3.05) is 26.4 Å². The summed E-state index contributed by atoms with van der Waals surface area (Å²) in [5.41, 5.74) is 0. The van der Waals surface area contributed by atoms with Crippen LogP contribution in [0.15, 0.2) is 72.9 Å². The van der Waals surface area contributed by atoms with Crippen LogP contribution in [0.5, 0.6) is 0 Å². The molecular weight excluding hydrogens is 885 g/mol. The first-order valence-corrected chi connectivity index (χ1v) is 28.1. The van der Waals surface area contributed by atoms with Gasteiger partial charge in [0.05, 0.1) is 19.8 Å². The van der Waals surface area contributed by atoms with Crippen molar-refractivity contribution in [2.45, 2.75) is 243 Å². The Labute approximate surface area is 413 Å². The van der Waals surface area contributed by atoms with Crippen LogP contribution in [0.2, 0.25) is 0 Å². The fourth-order valence-electron chi connectivity index (χ4n) is 7.81. The number of aliphatic hydroxyl groups is 3. The molecule has 1 fully saturated rings. The van der Waals surface area contributed by atoms with Gasteiger partial charge in [0, 0.05) is 13.0 Å². The molecule has 1 heterocycles. The number of unbranched alkanes of at least 4 members (excludes halogenated alkanes) is 21. The van der Waals surface area contributed by atoms with Crippen molar-refractivity contribution < 1.29 is 56.2 Å². The van der Waals surface area contributed by atoms with Gasteiger partial charge in [-0.1, -0.05) is 189 Å². The molecule has 0 aromatic rings. The van der Waals surface area contributed by atoms with E-state index in [0.717, 1.165) is 83.5 Å². The fraction of sp³-hybridized carbons (Fsp3) is 0.764. The number of hydrogen-bond donors (Lipinski definition) is 4. The molecule has 0 bridgehead atoms. The van der Waals surface area contributed by atoms with Gasteiger partial charge in [0.25, 0.3) is 0 Å². The molecule has 0 saturated carbocycles. The average Bonchev–Trinajstić information content (AvgIpc) is 3.31. The summed E-state index contributed by atoms with van der Waals surface area (Å²) < 4.78 is 59.3. The molecule has 0 amide bonds. The summed E-state index contributed by atoms with van der Waals surface area (Å²) in [5.74, 6) is -0.412. The van der Waals surface area contributed by atoms with E-state index >= 15 is 0 Å². The molecule has 1 aliphatic rings. The van der Waals surface area contributed by atoms with Crippen molar-refractivity contribution in [3.8, 4) is 0 Å². The molecule has 12 nitrogen and oxygen atoms in total. The number of carbonyl (C=O) groups is 1. The van der Waals surface area contributed by atoms with Crippen LogP contribution < -0.4 is 0 Å². The second kappa shape index (κ2) is 45.7.